The second-order valence-corrected chi connectivity index (χ2v) is 4.85. The van der Waals surface area contributed by atoms with Gasteiger partial charge >= 0.3 is 0 Å². The van der Waals surface area contributed by atoms with Crippen molar-refractivity contribution in [3.05, 3.63) is 35.6 Å². The molecule has 1 aromatic rings. The van der Waals surface area contributed by atoms with E-state index in [9.17, 15) is 4.39 Å². The molecule has 0 bridgehead atoms. The maximum absolute atomic E-state index is 13.0. The third-order valence-electron chi connectivity index (χ3n) is 3.62. The molecule has 1 fully saturated rings. The topological polar surface area (TPSA) is 12.0 Å². The lowest BCUT2D eigenvalue weighted by molar-refractivity contribution is 0.263. The van der Waals surface area contributed by atoms with Gasteiger partial charge in [0.2, 0.25) is 0 Å². The molecule has 1 N–H and O–H groups in total. The summed E-state index contributed by atoms with van der Waals surface area (Å²) in [5.41, 5.74) is 1.10. The Balaban J connectivity index is 1.89. The third kappa shape index (κ3) is 3.05. The number of halogens is 1. The molecular weight excluding hydrogens is 201 g/mol. The van der Waals surface area contributed by atoms with Gasteiger partial charge in [-0.2, -0.15) is 0 Å². The minimum atomic E-state index is -0.129. The van der Waals surface area contributed by atoms with Gasteiger partial charge in [0.05, 0.1) is 0 Å². The van der Waals surface area contributed by atoms with E-state index in [2.05, 4.69) is 5.32 Å². The van der Waals surface area contributed by atoms with Crippen molar-refractivity contribution >= 4 is 0 Å². The van der Waals surface area contributed by atoms with E-state index in [1.165, 1.54) is 31.7 Å². The van der Waals surface area contributed by atoms with Crippen LogP contribution in [-0.4, -0.2) is 13.1 Å². The highest BCUT2D eigenvalue weighted by Crippen LogP contribution is 2.31. The fourth-order valence-electron chi connectivity index (χ4n) is 2.38. The normalized spacial score (nSPS) is 18.1. The molecule has 0 radical (unpaired) electrons. The molecule has 2 heteroatoms. The minimum absolute atomic E-state index is 0.129. The molecule has 1 unspecified atom stereocenters. The summed E-state index contributed by atoms with van der Waals surface area (Å²) in [6.45, 7) is 0. The Morgan fingerprint density at radius 1 is 1.44 bits per heavy atom. The average molecular weight is 221 g/mol. The Morgan fingerprint density at radius 2 is 2.25 bits per heavy atom. The molecule has 1 aromatic carbocycles. The predicted molar refractivity (Wildman–Crippen MR) is 64.9 cm³/mol. The van der Waals surface area contributed by atoms with Crippen LogP contribution in [0.3, 0.4) is 0 Å². The van der Waals surface area contributed by atoms with Gasteiger partial charge in [-0.05, 0) is 43.5 Å². The average Bonchev–Trinajstić information content (AvgIpc) is 2.21. The summed E-state index contributed by atoms with van der Waals surface area (Å²) in [5, 5.41) is 3.35. The van der Waals surface area contributed by atoms with E-state index in [4.69, 9.17) is 0 Å². The van der Waals surface area contributed by atoms with Crippen LogP contribution in [-0.2, 0) is 6.42 Å². The Bertz CT molecular complexity index is 333. The summed E-state index contributed by atoms with van der Waals surface area (Å²) >= 11 is 0. The van der Waals surface area contributed by atoms with E-state index in [1.54, 1.807) is 12.1 Å². The second-order valence-electron chi connectivity index (χ2n) is 4.85. The summed E-state index contributed by atoms with van der Waals surface area (Å²) in [6, 6.07) is 7.44. The lowest BCUT2D eigenvalue weighted by Gasteiger charge is -2.29. The van der Waals surface area contributed by atoms with Gasteiger partial charge in [0.15, 0.2) is 0 Å². The highest BCUT2D eigenvalue weighted by Gasteiger charge is 2.21. The number of likely N-dealkylation sites (N-methyl/N-ethyl adjacent to an activating group) is 1. The molecule has 1 aliphatic carbocycles. The number of hydrogen-bond donors (Lipinski definition) is 1. The molecule has 1 atom stereocenters. The Hall–Kier alpha value is -0.890. The Morgan fingerprint density at radius 3 is 2.81 bits per heavy atom. The van der Waals surface area contributed by atoms with Crippen LogP contribution in [0.15, 0.2) is 24.3 Å². The first-order valence-corrected chi connectivity index (χ1v) is 6.19. The monoisotopic (exact) mass is 221 g/mol. The van der Waals surface area contributed by atoms with Gasteiger partial charge in [0.1, 0.15) is 5.82 Å². The lowest BCUT2D eigenvalue weighted by Crippen LogP contribution is -2.31. The molecule has 16 heavy (non-hydrogen) atoms. The fraction of sp³-hybridized carbons (Fsp3) is 0.571. The van der Waals surface area contributed by atoms with E-state index < -0.39 is 0 Å². The van der Waals surface area contributed by atoms with Crippen molar-refractivity contribution in [3.8, 4) is 0 Å². The number of benzene rings is 1. The van der Waals surface area contributed by atoms with E-state index in [0.717, 1.165) is 17.9 Å². The molecule has 1 aliphatic rings. The van der Waals surface area contributed by atoms with Crippen LogP contribution in [0.5, 0.6) is 0 Å². The zero-order valence-electron chi connectivity index (χ0n) is 9.88. The van der Waals surface area contributed by atoms with Crippen LogP contribution in [0.1, 0.15) is 31.2 Å². The van der Waals surface area contributed by atoms with Crippen LogP contribution >= 0.6 is 0 Å². The fourth-order valence-corrected chi connectivity index (χ4v) is 2.38. The van der Waals surface area contributed by atoms with Gasteiger partial charge < -0.3 is 5.32 Å². The zero-order valence-corrected chi connectivity index (χ0v) is 9.88. The molecule has 0 amide bonds. The maximum Gasteiger partial charge on any atom is 0.123 e. The molecule has 0 aromatic heterocycles. The SMILES string of the molecule is CNC(Cc1cccc(F)c1)CC1CCC1. The molecule has 88 valence electrons. The van der Waals surface area contributed by atoms with E-state index in [1.807, 2.05) is 13.1 Å². The zero-order chi connectivity index (χ0) is 11.4. The summed E-state index contributed by atoms with van der Waals surface area (Å²) in [5.74, 6) is 0.766. The van der Waals surface area contributed by atoms with Gasteiger partial charge in [-0.1, -0.05) is 31.4 Å². The minimum Gasteiger partial charge on any atom is -0.317 e. The summed E-state index contributed by atoms with van der Waals surface area (Å²) < 4.78 is 13.0. The number of nitrogens with one attached hydrogen (secondary N) is 1. The Labute approximate surface area is 97.1 Å². The van der Waals surface area contributed by atoms with Crippen LogP contribution in [0.25, 0.3) is 0 Å². The van der Waals surface area contributed by atoms with Crippen molar-refractivity contribution in [2.24, 2.45) is 5.92 Å². The largest absolute Gasteiger partial charge is 0.317 e. The molecule has 0 spiro atoms. The first kappa shape index (κ1) is 11.6. The highest BCUT2D eigenvalue weighted by molar-refractivity contribution is 5.17. The lowest BCUT2D eigenvalue weighted by atomic mass is 9.80. The molecular formula is C14H20FN. The van der Waals surface area contributed by atoms with Crippen molar-refractivity contribution in [2.75, 3.05) is 7.05 Å². The Kier molecular flexibility index (Phi) is 3.94. The third-order valence-corrected chi connectivity index (χ3v) is 3.62. The molecule has 0 saturated heterocycles. The molecule has 2 rings (SSSR count). The van der Waals surface area contributed by atoms with Crippen LogP contribution < -0.4 is 5.32 Å². The van der Waals surface area contributed by atoms with E-state index in [-0.39, 0.29) is 5.82 Å². The summed E-state index contributed by atoms with van der Waals surface area (Å²) in [6.07, 6.45) is 6.31. The molecule has 0 heterocycles. The summed E-state index contributed by atoms with van der Waals surface area (Å²) in [4.78, 5) is 0. The van der Waals surface area contributed by atoms with Crippen molar-refractivity contribution in [1.82, 2.24) is 5.32 Å². The predicted octanol–water partition coefficient (Wildman–Crippen LogP) is 3.15. The van der Waals surface area contributed by atoms with Crippen molar-refractivity contribution < 1.29 is 4.39 Å². The maximum atomic E-state index is 13.0. The van der Waals surface area contributed by atoms with Crippen LogP contribution in [0.4, 0.5) is 4.39 Å². The number of hydrogen-bond acceptors (Lipinski definition) is 1. The number of rotatable bonds is 5. The molecule has 1 nitrogen and oxygen atoms in total. The van der Waals surface area contributed by atoms with Gasteiger partial charge in [-0.25, -0.2) is 4.39 Å². The highest BCUT2D eigenvalue weighted by atomic mass is 19.1. The van der Waals surface area contributed by atoms with Gasteiger partial charge in [-0.15, -0.1) is 0 Å². The van der Waals surface area contributed by atoms with Crippen LogP contribution in [0, 0.1) is 11.7 Å². The summed E-state index contributed by atoms with van der Waals surface area (Å²) in [7, 11) is 2.00. The van der Waals surface area contributed by atoms with E-state index in [0.29, 0.717) is 6.04 Å². The first-order chi connectivity index (χ1) is 7.78. The second kappa shape index (κ2) is 5.44. The van der Waals surface area contributed by atoms with Crippen molar-refractivity contribution in [1.29, 1.82) is 0 Å². The quantitative estimate of drug-likeness (QED) is 0.805. The van der Waals surface area contributed by atoms with E-state index >= 15 is 0 Å². The van der Waals surface area contributed by atoms with Gasteiger partial charge in [-0.3, -0.25) is 0 Å². The van der Waals surface area contributed by atoms with Gasteiger partial charge in [0.25, 0.3) is 0 Å². The molecule has 0 aliphatic heterocycles. The van der Waals surface area contributed by atoms with Crippen molar-refractivity contribution in [2.45, 2.75) is 38.1 Å². The first-order valence-electron chi connectivity index (χ1n) is 6.19. The molecule has 1 saturated carbocycles. The standard InChI is InChI=1S/C14H20FN/c1-16-14(9-11-4-2-5-11)10-12-6-3-7-13(15)8-12/h3,6-8,11,14,16H,2,4-5,9-10H2,1H3. The van der Waals surface area contributed by atoms with Crippen LogP contribution in [0.2, 0.25) is 0 Å². The smallest absolute Gasteiger partial charge is 0.123 e. The van der Waals surface area contributed by atoms with Crippen molar-refractivity contribution in [3.63, 3.8) is 0 Å². The van der Waals surface area contributed by atoms with Gasteiger partial charge in [0, 0.05) is 6.04 Å².